The number of aryl methyl sites for hydroxylation is 2. The zero-order valence-corrected chi connectivity index (χ0v) is 15.0. The lowest BCUT2D eigenvalue weighted by Gasteiger charge is -2.13. The number of aromatic nitrogens is 1. The summed E-state index contributed by atoms with van der Waals surface area (Å²) in [6, 6.07) is 9.73. The molecule has 1 aromatic heterocycles. The molecule has 1 aliphatic heterocycles. The summed E-state index contributed by atoms with van der Waals surface area (Å²) < 4.78 is 32.1. The van der Waals surface area contributed by atoms with Crippen molar-refractivity contribution in [1.29, 1.82) is 0 Å². The van der Waals surface area contributed by atoms with Crippen LogP contribution in [0.4, 0.5) is 0 Å². The Hall–Kier alpha value is -2.93. The van der Waals surface area contributed by atoms with E-state index in [0.29, 0.717) is 28.5 Å². The van der Waals surface area contributed by atoms with Crippen LogP contribution in [0.15, 0.2) is 47.5 Å². The van der Waals surface area contributed by atoms with Gasteiger partial charge in [-0.2, -0.15) is 0 Å². The molecule has 0 saturated heterocycles. The van der Waals surface area contributed by atoms with Crippen molar-refractivity contribution in [3.8, 4) is 0 Å². The highest BCUT2D eigenvalue weighted by atomic mass is 32.2. The van der Waals surface area contributed by atoms with Crippen molar-refractivity contribution in [3.63, 3.8) is 0 Å². The number of hydrogen-bond donors (Lipinski definition) is 0. The Morgan fingerprint density at radius 1 is 1.00 bits per heavy atom. The molecule has 0 saturated carbocycles. The zero-order chi connectivity index (χ0) is 18.6. The van der Waals surface area contributed by atoms with E-state index in [-0.39, 0.29) is 16.0 Å². The second-order valence-corrected chi connectivity index (χ2v) is 7.89. The summed E-state index contributed by atoms with van der Waals surface area (Å²) in [5, 5.41) is 0.634. The standard InChI is InChI=1S/C19H15NO5S/c1-3-13-14-9-10-20(26(23,24)12-7-5-4-6-8-12)17(14)11(2)15-16(13)19(22)25-18(15)21/h4-10H,3H2,1-2H3. The fraction of sp³-hybridized carbons (Fsp3) is 0.158. The van der Waals surface area contributed by atoms with E-state index in [1.165, 1.54) is 22.3 Å². The molecule has 0 bridgehead atoms. The Morgan fingerprint density at radius 3 is 2.31 bits per heavy atom. The quantitative estimate of drug-likeness (QED) is 0.523. The number of benzene rings is 2. The Kier molecular flexibility index (Phi) is 3.52. The molecule has 0 spiro atoms. The number of carbonyl (C=O) groups excluding carboxylic acids is 2. The number of nitrogens with zero attached hydrogens (tertiary/aromatic N) is 1. The molecule has 0 N–H and O–H groups in total. The Bertz CT molecular complexity index is 1190. The molecule has 2 heterocycles. The predicted octanol–water partition coefficient (Wildman–Crippen LogP) is 3.06. The van der Waals surface area contributed by atoms with Gasteiger partial charge in [0.05, 0.1) is 21.5 Å². The highest BCUT2D eigenvalue weighted by molar-refractivity contribution is 7.90. The Morgan fingerprint density at radius 2 is 1.65 bits per heavy atom. The summed E-state index contributed by atoms with van der Waals surface area (Å²) in [6.07, 6.45) is 1.93. The van der Waals surface area contributed by atoms with Gasteiger partial charge < -0.3 is 4.74 Å². The average molecular weight is 369 g/mol. The number of hydrogen-bond acceptors (Lipinski definition) is 5. The minimum absolute atomic E-state index is 0.147. The number of fused-ring (bicyclic) bond motifs is 2. The molecule has 1 aliphatic rings. The summed E-state index contributed by atoms with van der Waals surface area (Å²) in [5.41, 5.74) is 1.85. The minimum atomic E-state index is -3.84. The third-order valence-electron chi connectivity index (χ3n) is 4.71. The average Bonchev–Trinajstić information content (AvgIpc) is 3.19. The molecule has 0 fully saturated rings. The van der Waals surface area contributed by atoms with Crippen molar-refractivity contribution in [2.75, 3.05) is 0 Å². The van der Waals surface area contributed by atoms with Gasteiger partial charge in [-0.3, -0.25) is 0 Å². The second kappa shape index (κ2) is 5.54. The van der Waals surface area contributed by atoms with Gasteiger partial charge in [0.25, 0.3) is 10.0 Å². The van der Waals surface area contributed by atoms with E-state index in [2.05, 4.69) is 0 Å². The molecule has 4 rings (SSSR count). The monoisotopic (exact) mass is 369 g/mol. The number of esters is 2. The maximum absolute atomic E-state index is 13.1. The minimum Gasteiger partial charge on any atom is -0.386 e. The lowest BCUT2D eigenvalue weighted by molar-refractivity contribution is 0.0443. The van der Waals surface area contributed by atoms with Gasteiger partial charge in [0.15, 0.2) is 0 Å². The van der Waals surface area contributed by atoms with Crippen molar-refractivity contribution in [3.05, 3.63) is 64.8 Å². The van der Waals surface area contributed by atoms with Gasteiger partial charge in [-0.15, -0.1) is 0 Å². The first-order valence-corrected chi connectivity index (χ1v) is 9.55. The van der Waals surface area contributed by atoms with E-state index in [9.17, 15) is 18.0 Å². The van der Waals surface area contributed by atoms with Crippen LogP contribution in [0.25, 0.3) is 10.9 Å². The van der Waals surface area contributed by atoms with Gasteiger partial charge in [-0.05, 0) is 42.7 Å². The number of ether oxygens (including phenoxy) is 1. The Balaban J connectivity index is 2.12. The predicted molar refractivity (Wildman–Crippen MR) is 94.8 cm³/mol. The first-order valence-electron chi connectivity index (χ1n) is 8.11. The van der Waals surface area contributed by atoms with Gasteiger partial charge in [0.1, 0.15) is 0 Å². The van der Waals surface area contributed by atoms with Crippen LogP contribution >= 0.6 is 0 Å². The SMILES string of the molecule is CCc1c2c(c(C)c3c1ccn3S(=O)(=O)c1ccccc1)C(=O)OC2=O. The van der Waals surface area contributed by atoms with Crippen LogP contribution < -0.4 is 0 Å². The number of rotatable bonds is 3. The molecular weight excluding hydrogens is 354 g/mol. The second-order valence-electron chi connectivity index (χ2n) is 6.08. The molecule has 0 atom stereocenters. The van der Waals surface area contributed by atoms with E-state index < -0.39 is 22.0 Å². The first kappa shape index (κ1) is 16.5. The van der Waals surface area contributed by atoms with Crippen LogP contribution in [-0.4, -0.2) is 24.3 Å². The zero-order valence-electron chi connectivity index (χ0n) is 14.1. The maximum Gasteiger partial charge on any atom is 0.347 e. The molecule has 0 aliphatic carbocycles. The number of cyclic esters (lactones) is 2. The molecule has 0 radical (unpaired) electrons. The van der Waals surface area contributed by atoms with Crippen molar-refractivity contribution >= 4 is 32.9 Å². The lowest BCUT2D eigenvalue weighted by atomic mass is 9.93. The fourth-order valence-electron chi connectivity index (χ4n) is 3.56. The van der Waals surface area contributed by atoms with Gasteiger partial charge in [0.2, 0.25) is 0 Å². The fourth-order valence-corrected chi connectivity index (χ4v) is 4.98. The van der Waals surface area contributed by atoms with Crippen molar-refractivity contribution in [1.82, 2.24) is 3.97 Å². The molecule has 0 unspecified atom stereocenters. The molecule has 132 valence electrons. The lowest BCUT2D eigenvalue weighted by Crippen LogP contribution is -2.13. The van der Waals surface area contributed by atoms with Crippen LogP contribution in [0, 0.1) is 6.92 Å². The van der Waals surface area contributed by atoms with Crippen LogP contribution in [0.2, 0.25) is 0 Å². The van der Waals surface area contributed by atoms with Gasteiger partial charge in [-0.1, -0.05) is 25.1 Å². The van der Waals surface area contributed by atoms with Gasteiger partial charge >= 0.3 is 11.9 Å². The molecule has 0 amide bonds. The molecule has 6 nitrogen and oxygen atoms in total. The van der Waals surface area contributed by atoms with Crippen LogP contribution in [0.1, 0.15) is 38.8 Å². The summed E-state index contributed by atoms with van der Waals surface area (Å²) in [4.78, 5) is 24.4. The van der Waals surface area contributed by atoms with Gasteiger partial charge in [0, 0.05) is 11.6 Å². The third kappa shape index (κ3) is 2.07. The maximum atomic E-state index is 13.1. The van der Waals surface area contributed by atoms with E-state index in [4.69, 9.17) is 4.74 Å². The van der Waals surface area contributed by atoms with E-state index in [1.54, 1.807) is 31.2 Å². The van der Waals surface area contributed by atoms with Gasteiger partial charge in [-0.25, -0.2) is 22.0 Å². The summed E-state index contributed by atoms with van der Waals surface area (Å²) in [6.45, 7) is 3.49. The van der Waals surface area contributed by atoms with Crippen molar-refractivity contribution in [2.24, 2.45) is 0 Å². The summed E-state index contributed by atoms with van der Waals surface area (Å²) in [7, 11) is -3.84. The van der Waals surface area contributed by atoms with Crippen LogP contribution in [-0.2, 0) is 21.2 Å². The first-order chi connectivity index (χ1) is 12.4. The highest BCUT2D eigenvalue weighted by Gasteiger charge is 2.37. The van der Waals surface area contributed by atoms with E-state index >= 15 is 0 Å². The highest BCUT2D eigenvalue weighted by Crippen LogP contribution is 2.37. The van der Waals surface area contributed by atoms with Crippen molar-refractivity contribution in [2.45, 2.75) is 25.2 Å². The molecule has 26 heavy (non-hydrogen) atoms. The molecule has 2 aromatic carbocycles. The largest absolute Gasteiger partial charge is 0.386 e. The number of carbonyl (C=O) groups is 2. The van der Waals surface area contributed by atoms with E-state index in [1.807, 2.05) is 6.92 Å². The van der Waals surface area contributed by atoms with E-state index in [0.717, 1.165) is 0 Å². The third-order valence-corrected chi connectivity index (χ3v) is 6.40. The molecule has 7 heteroatoms. The Labute approximate surface area is 150 Å². The summed E-state index contributed by atoms with van der Waals surface area (Å²) >= 11 is 0. The van der Waals surface area contributed by atoms with Crippen LogP contribution in [0.5, 0.6) is 0 Å². The molecule has 3 aromatic rings. The normalized spacial score (nSPS) is 13.9. The smallest absolute Gasteiger partial charge is 0.347 e. The summed E-state index contributed by atoms with van der Waals surface area (Å²) in [5.74, 6) is -1.41. The topological polar surface area (TPSA) is 82.4 Å². The molecular formula is C19H15NO5S. The van der Waals surface area contributed by atoms with Crippen LogP contribution in [0.3, 0.4) is 0 Å². The van der Waals surface area contributed by atoms with Crippen molar-refractivity contribution < 1.29 is 22.7 Å².